The van der Waals surface area contributed by atoms with E-state index in [9.17, 15) is 10.1 Å². The molecule has 0 aliphatic rings. The van der Waals surface area contributed by atoms with Gasteiger partial charge in [0.2, 0.25) is 0 Å². The summed E-state index contributed by atoms with van der Waals surface area (Å²) in [6.07, 6.45) is 5.08. The monoisotopic (exact) mass is 307 g/mol. The van der Waals surface area contributed by atoms with Crippen molar-refractivity contribution in [1.82, 2.24) is 9.88 Å². The number of hydrogen-bond acceptors (Lipinski definition) is 3. The van der Waals surface area contributed by atoms with Gasteiger partial charge in [0.15, 0.2) is 0 Å². The third-order valence-electron chi connectivity index (χ3n) is 3.53. The lowest BCUT2D eigenvalue weighted by atomic mass is 10.1. The molecular weight excluding hydrogens is 290 g/mol. The fourth-order valence-electron chi connectivity index (χ4n) is 2.35. The highest BCUT2D eigenvalue weighted by Crippen LogP contribution is 2.24. The maximum absolute atomic E-state index is 10.7. The summed E-state index contributed by atoms with van der Waals surface area (Å²) < 4.78 is 2.03. The third-order valence-corrected chi connectivity index (χ3v) is 3.88. The molecule has 112 valence electrons. The Hall–Kier alpha value is -1.85. The molecule has 0 fully saturated rings. The van der Waals surface area contributed by atoms with Crippen LogP contribution in [0, 0.1) is 10.1 Å². The van der Waals surface area contributed by atoms with Gasteiger partial charge in [0.05, 0.1) is 9.95 Å². The van der Waals surface area contributed by atoms with Crippen molar-refractivity contribution in [1.29, 1.82) is 0 Å². The van der Waals surface area contributed by atoms with Gasteiger partial charge < -0.3 is 9.88 Å². The number of hydrogen-bond donors (Lipinski definition) is 1. The number of aromatic nitrogens is 1. The van der Waals surface area contributed by atoms with Crippen molar-refractivity contribution in [3.63, 3.8) is 0 Å². The van der Waals surface area contributed by atoms with Crippen molar-refractivity contribution < 1.29 is 4.92 Å². The van der Waals surface area contributed by atoms with Crippen LogP contribution in [-0.4, -0.2) is 16.5 Å². The number of nitrogens with zero attached hydrogens (tertiary/aromatic N) is 2. The predicted molar refractivity (Wildman–Crippen MR) is 83.7 cm³/mol. The molecule has 0 bridgehead atoms. The molecule has 6 heteroatoms. The van der Waals surface area contributed by atoms with Crippen LogP contribution in [0.2, 0.25) is 5.02 Å². The minimum atomic E-state index is -0.442. The number of nitro groups is 1. The molecule has 1 aromatic heterocycles. The van der Waals surface area contributed by atoms with Crippen molar-refractivity contribution >= 4 is 17.3 Å². The van der Waals surface area contributed by atoms with Gasteiger partial charge in [-0.25, -0.2) is 0 Å². The first kappa shape index (κ1) is 15.5. The molecule has 1 aromatic carbocycles. The standard InChI is InChI=1S/C15H18ClN3O2/c1-3-15(17-2)12-6-7-18(10-12)9-11-4-5-13(19(20)21)8-14(11)16/h4-8,10,15,17H,3,9H2,1-2H3. The average molecular weight is 308 g/mol. The Morgan fingerprint density at radius 3 is 2.76 bits per heavy atom. The fourth-order valence-corrected chi connectivity index (χ4v) is 2.58. The normalized spacial score (nSPS) is 12.3. The summed E-state index contributed by atoms with van der Waals surface area (Å²) >= 11 is 6.12. The predicted octanol–water partition coefficient (Wildman–Crippen LogP) is 3.77. The molecule has 1 N–H and O–H groups in total. The molecule has 1 heterocycles. The van der Waals surface area contributed by atoms with Gasteiger partial charge in [-0.05, 0) is 36.7 Å². The number of halogens is 1. The summed E-state index contributed by atoms with van der Waals surface area (Å²) in [6.45, 7) is 2.72. The Kier molecular flexibility index (Phi) is 4.98. The van der Waals surface area contributed by atoms with Crippen LogP contribution in [0.25, 0.3) is 0 Å². The van der Waals surface area contributed by atoms with Crippen molar-refractivity contribution in [3.05, 3.63) is 62.9 Å². The average Bonchev–Trinajstić information content (AvgIpc) is 2.91. The Labute approximate surface area is 128 Å². The molecule has 0 saturated carbocycles. The second-order valence-electron chi connectivity index (χ2n) is 4.90. The van der Waals surface area contributed by atoms with Crippen LogP contribution in [0.4, 0.5) is 5.69 Å². The largest absolute Gasteiger partial charge is 0.350 e. The zero-order valence-electron chi connectivity index (χ0n) is 12.0. The first-order chi connectivity index (χ1) is 10.0. The highest BCUT2D eigenvalue weighted by Gasteiger charge is 2.11. The van der Waals surface area contributed by atoms with E-state index in [1.165, 1.54) is 17.7 Å². The summed E-state index contributed by atoms with van der Waals surface area (Å²) in [7, 11) is 1.94. The second-order valence-corrected chi connectivity index (χ2v) is 5.31. The van der Waals surface area contributed by atoms with Crippen molar-refractivity contribution in [2.45, 2.75) is 25.9 Å². The zero-order chi connectivity index (χ0) is 15.4. The lowest BCUT2D eigenvalue weighted by Gasteiger charge is -2.11. The lowest BCUT2D eigenvalue weighted by Crippen LogP contribution is -2.14. The van der Waals surface area contributed by atoms with Crippen LogP contribution in [0.1, 0.15) is 30.5 Å². The van der Waals surface area contributed by atoms with Gasteiger partial charge in [-0.1, -0.05) is 18.5 Å². The highest BCUT2D eigenvalue weighted by molar-refractivity contribution is 6.31. The van der Waals surface area contributed by atoms with Gasteiger partial charge in [0.1, 0.15) is 0 Å². The van der Waals surface area contributed by atoms with Gasteiger partial charge in [-0.3, -0.25) is 10.1 Å². The zero-order valence-corrected chi connectivity index (χ0v) is 12.8. The van der Waals surface area contributed by atoms with Crippen molar-refractivity contribution in [2.75, 3.05) is 7.05 Å². The molecule has 2 aromatic rings. The van der Waals surface area contributed by atoms with Gasteiger partial charge in [-0.2, -0.15) is 0 Å². The van der Waals surface area contributed by atoms with E-state index in [1.54, 1.807) is 6.07 Å². The van der Waals surface area contributed by atoms with Crippen LogP contribution >= 0.6 is 11.6 Å². The van der Waals surface area contributed by atoms with Crippen LogP contribution < -0.4 is 5.32 Å². The minimum Gasteiger partial charge on any atom is -0.350 e. The summed E-state index contributed by atoms with van der Waals surface area (Å²) in [5.41, 5.74) is 2.10. The van der Waals surface area contributed by atoms with E-state index in [0.29, 0.717) is 17.6 Å². The quantitative estimate of drug-likeness (QED) is 0.653. The number of nitro benzene ring substituents is 1. The minimum absolute atomic E-state index is 0.0122. The van der Waals surface area contributed by atoms with Crippen LogP contribution in [-0.2, 0) is 6.54 Å². The van der Waals surface area contributed by atoms with Gasteiger partial charge in [0.25, 0.3) is 5.69 Å². The summed E-state index contributed by atoms with van der Waals surface area (Å²) in [4.78, 5) is 10.3. The molecule has 5 nitrogen and oxygen atoms in total. The Morgan fingerprint density at radius 2 is 2.19 bits per heavy atom. The summed E-state index contributed by atoms with van der Waals surface area (Å²) in [5.74, 6) is 0. The molecule has 0 saturated heterocycles. The van der Waals surface area contributed by atoms with E-state index in [0.717, 1.165) is 12.0 Å². The van der Waals surface area contributed by atoms with Crippen LogP contribution in [0.15, 0.2) is 36.7 Å². The number of non-ortho nitro benzene ring substituents is 1. The number of rotatable bonds is 6. The molecule has 0 spiro atoms. The second kappa shape index (κ2) is 6.74. The molecule has 0 radical (unpaired) electrons. The maximum Gasteiger partial charge on any atom is 0.270 e. The summed E-state index contributed by atoms with van der Waals surface area (Å²) in [6, 6.07) is 6.98. The number of benzene rings is 1. The molecule has 1 atom stereocenters. The molecule has 21 heavy (non-hydrogen) atoms. The van der Waals surface area contributed by atoms with E-state index in [1.807, 2.05) is 17.8 Å². The van der Waals surface area contributed by atoms with Crippen molar-refractivity contribution in [3.8, 4) is 0 Å². The molecule has 2 rings (SSSR count). The number of nitrogens with one attached hydrogen (secondary N) is 1. The molecular formula is C15H18ClN3O2. The van der Waals surface area contributed by atoms with E-state index in [-0.39, 0.29) is 5.69 Å². The SMILES string of the molecule is CCC(NC)c1ccn(Cc2ccc([N+](=O)[O-])cc2Cl)c1. The van der Waals surface area contributed by atoms with Gasteiger partial charge >= 0.3 is 0 Å². The lowest BCUT2D eigenvalue weighted by molar-refractivity contribution is -0.384. The Balaban J connectivity index is 2.17. The van der Waals surface area contributed by atoms with E-state index in [2.05, 4.69) is 24.5 Å². The summed E-state index contributed by atoms with van der Waals surface area (Å²) in [5, 5.41) is 14.4. The van der Waals surface area contributed by atoms with E-state index < -0.39 is 4.92 Å². The first-order valence-electron chi connectivity index (χ1n) is 6.81. The van der Waals surface area contributed by atoms with Crippen molar-refractivity contribution in [2.24, 2.45) is 0 Å². The topological polar surface area (TPSA) is 60.1 Å². The van der Waals surface area contributed by atoms with Crippen LogP contribution in [0.5, 0.6) is 0 Å². The molecule has 1 unspecified atom stereocenters. The Morgan fingerprint density at radius 1 is 1.43 bits per heavy atom. The highest BCUT2D eigenvalue weighted by atomic mass is 35.5. The molecule has 0 amide bonds. The van der Waals surface area contributed by atoms with Gasteiger partial charge in [-0.15, -0.1) is 0 Å². The Bertz CT molecular complexity index is 636. The maximum atomic E-state index is 10.7. The fraction of sp³-hybridized carbons (Fsp3) is 0.333. The third kappa shape index (κ3) is 3.62. The smallest absolute Gasteiger partial charge is 0.270 e. The molecule has 0 aliphatic carbocycles. The van der Waals surface area contributed by atoms with E-state index in [4.69, 9.17) is 11.6 Å². The van der Waals surface area contributed by atoms with Crippen LogP contribution in [0.3, 0.4) is 0 Å². The van der Waals surface area contributed by atoms with Gasteiger partial charge in [0, 0.05) is 37.1 Å². The first-order valence-corrected chi connectivity index (χ1v) is 7.18. The van der Waals surface area contributed by atoms with E-state index >= 15 is 0 Å². The molecule has 0 aliphatic heterocycles.